The molecular formula is C14H12BrN3O. The third-order valence-electron chi connectivity index (χ3n) is 2.50. The van der Waals surface area contributed by atoms with E-state index in [-0.39, 0.29) is 5.91 Å². The van der Waals surface area contributed by atoms with Gasteiger partial charge in [0.1, 0.15) is 0 Å². The molecule has 0 atom stereocenters. The molecule has 0 saturated heterocycles. The van der Waals surface area contributed by atoms with E-state index < -0.39 is 0 Å². The van der Waals surface area contributed by atoms with Crippen LogP contribution in [0, 0.1) is 6.92 Å². The maximum atomic E-state index is 11.7. The van der Waals surface area contributed by atoms with Gasteiger partial charge in [0.15, 0.2) is 0 Å². The van der Waals surface area contributed by atoms with Gasteiger partial charge in [-0.25, -0.2) is 5.43 Å². The highest BCUT2D eigenvalue weighted by atomic mass is 79.9. The maximum absolute atomic E-state index is 11.7. The van der Waals surface area contributed by atoms with E-state index in [0.29, 0.717) is 5.56 Å². The van der Waals surface area contributed by atoms with E-state index in [1.807, 2.05) is 25.1 Å². The lowest BCUT2D eigenvalue weighted by atomic mass is 10.2. The van der Waals surface area contributed by atoms with E-state index in [0.717, 1.165) is 15.6 Å². The van der Waals surface area contributed by atoms with Gasteiger partial charge in [-0.2, -0.15) is 5.10 Å². The van der Waals surface area contributed by atoms with Crippen LogP contribution in [0.5, 0.6) is 0 Å². The Bertz CT molecular complexity index is 611. The van der Waals surface area contributed by atoms with E-state index in [9.17, 15) is 4.79 Å². The van der Waals surface area contributed by atoms with Crippen LogP contribution >= 0.6 is 15.9 Å². The Balaban J connectivity index is 2.00. The number of halogens is 1. The second kappa shape index (κ2) is 6.24. The molecule has 1 aromatic carbocycles. The molecule has 0 radical (unpaired) electrons. The zero-order valence-electron chi connectivity index (χ0n) is 10.3. The number of carbonyl (C=O) groups is 1. The first-order chi connectivity index (χ1) is 9.16. The largest absolute Gasteiger partial charge is 0.272 e. The quantitative estimate of drug-likeness (QED) is 0.699. The minimum Gasteiger partial charge on any atom is -0.267 e. The molecule has 0 aliphatic rings. The van der Waals surface area contributed by atoms with E-state index in [1.54, 1.807) is 24.5 Å². The molecule has 96 valence electrons. The van der Waals surface area contributed by atoms with E-state index in [2.05, 4.69) is 31.4 Å². The lowest BCUT2D eigenvalue weighted by Gasteiger charge is -2.00. The number of carbonyl (C=O) groups excluding carboxylic acids is 1. The summed E-state index contributed by atoms with van der Waals surface area (Å²) in [6.07, 6.45) is 4.70. The second-order valence-corrected chi connectivity index (χ2v) is 4.80. The van der Waals surface area contributed by atoms with Gasteiger partial charge in [-0.1, -0.05) is 28.1 Å². The number of amides is 1. The van der Waals surface area contributed by atoms with Crippen LogP contribution in [0.1, 0.15) is 21.5 Å². The van der Waals surface area contributed by atoms with Crippen molar-refractivity contribution in [2.45, 2.75) is 6.92 Å². The normalized spacial score (nSPS) is 10.6. The van der Waals surface area contributed by atoms with Gasteiger partial charge in [0.05, 0.1) is 11.8 Å². The predicted molar refractivity (Wildman–Crippen MR) is 78.2 cm³/mol. The average molecular weight is 318 g/mol. The molecule has 0 saturated carbocycles. The molecule has 5 heteroatoms. The number of aromatic nitrogens is 1. The molecule has 0 spiro atoms. The fourth-order valence-corrected chi connectivity index (χ4v) is 1.81. The van der Waals surface area contributed by atoms with Crippen molar-refractivity contribution in [2.75, 3.05) is 0 Å². The highest BCUT2D eigenvalue weighted by Gasteiger charge is 2.02. The summed E-state index contributed by atoms with van der Waals surface area (Å²) in [5.74, 6) is -0.282. The van der Waals surface area contributed by atoms with Crippen LogP contribution in [0.3, 0.4) is 0 Å². The van der Waals surface area contributed by atoms with Crippen LogP contribution < -0.4 is 5.43 Å². The first-order valence-corrected chi connectivity index (χ1v) is 6.46. The van der Waals surface area contributed by atoms with Crippen molar-refractivity contribution >= 4 is 28.1 Å². The number of hydrazone groups is 1. The van der Waals surface area contributed by atoms with Crippen molar-refractivity contribution in [2.24, 2.45) is 5.10 Å². The molecular weight excluding hydrogens is 306 g/mol. The number of aryl methyl sites for hydroxylation is 1. The molecule has 1 aromatic heterocycles. The Morgan fingerprint density at radius 1 is 1.42 bits per heavy atom. The minimum absolute atomic E-state index is 0.282. The van der Waals surface area contributed by atoms with Gasteiger partial charge in [0.2, 0.25) is 0 Å². The summed E-state index contributed by atoms with van der Waals surface area (Å²) < 4.78 is 1.01. The number of benzene rings is 1. The second-order valence-electron chi connectivity index (χ2n) is 3.95. The summed E-state index contributed by atoms with van der Waals surface area (Å²) in [5, 5.41) is 3.92. The van der Waals surface area contributed by atoms with E-state index >= 15 is 0 Å². The molecule has 4 nitrogen and oxygen atoms in total. The molecule has 0 fully saturated rings. The first kappa shape index (κ1) is 13.4. The first-order valence-electron chi connectivity index (χ1n) is 5.66. The summed E-state index contributed by atoms with van der Waals surface area (Å²) in [5.41, 5.74) is 4.99. The highest BCUT2D eigenvalue weighted by Crippen LogP contribution is 2.16. The third kappa shape index (κ3) is 3.72. The smallest absolute Gasteiger partial charge is 0.267 e. The SMILES string of the molecule is Cc1ccc(/C=N/NC(=O)c2cccnc2)cc1Br. The number of nitrogens with one attached hydrogen (secondary N) is 1. The summed E-state index contributed by atoms with van der Waals surface area (Å²) >= 11 is 3.45. The molecule has 0 bridgehead atoms. The number of nitrogens with zero attached hydrogens (tertiary/aromatic N) is 2. The molecule has 0 unspecified atom stereocenters. The van der Waals surface area contributed by atoms with Crippen molar-refractivity contribution in [3.8, 4) is 0 Å². The topological polar surface area (TPSA) is 54.4 Å². The number of hydrogen-bond acceptors (Lipinski definition) is 3. The molecule has 0 aliphatic heterocycles. The fourth-order valence-electron chi connectivity index (χ4n) is 1.42. The molecule has 2 rings (SSSR count). The fraction of sp³-hybridized carbons (Fsp3) is 0.0714. The van der Waals surface area contributed by atoms with Gasteiger partial charge in [-0.3, -0.25) is 9.78 Å². The van der Waals surface area contributed by atoms with Gasteiger partial charge in [-0.15, -0.1) is 0 Å². The van der Waals surface area contributed by atoms with Gasteiger partial charge >= 0.3 is 0 Å². The Morgan fingerprint density at radius 3 is 2.95 bits per heavy atom. The van der Waals surface area contributed by atoms with E-state index in [4.69, 9.17) is 0 Å². The van der Waals surface area contributed by atoms with E-state index in [1.165, 1.54) is 6.20 Å². The van der Waals surface area contributed by atoms with Gasteiger partial charge in [-0.05, 0) is 36.2 Å². The molecule has 0 aliphatic carbocycles. The van der Waals surface area contributed by atoms with Crippen LogP contribution in [-0.2, 0) is 0 Å². The van der Waals surface area contributed by atoms with Crippen LogP contribution in [0.15, 0.2) is 52.3 Å². The molecule has 19 heavy (non-hydrogen) atoms. The van der Waals surface area contributed by atoms with Crippen molar-refractivity contribution in [1.82, 2.24) is 10.4 Å². The molecule has 1 amide bonds. The monoisotopic (exact) mass is 317 g/mol. The predicted octanol–water partition coefficient (Wildman–Crippen LogP) is 2.92. The summed E-state index contributed by atoms with van der Waals surface area (Å²) in [6, 6.07) is 9.24. The van der Waals surface area contributed by atoms with Crippen molar-refractivity contribution in [1.29, 1.82) is 0 Å². The third-order valence-corrected chi connectivity index (χ3v) is 3.35. The van der Waals surface area contributed by atoms with Crippen molar-refractivity contribution in [3.05, 3.63) is 63.9 Å². The zero-order chi connectivity index (χ0) is 13.7. The van der Waals surface area contributed by atoms with Gasteiger partial charge < -0.3 is 0 Å². The summed E-state index contributed by atoms with van der Waals surface area (Å²) in [4.78, 5) is 15.6. The maximum Gasteiger partial charge on any atom is 0.272 e. The van der Waals surface area contributed by atoms with Crippen LogP contribution in [0.4, 0.5) is 0 Å². The summed E-state index contributed by atoms with van der Waals surface area (Å²) in [6.45, 7) is 2.01. The number of pyridine rings is 1. The zero-order valence-corrected chi connectivity index (χ0v) is 11.9. The Kier molecular flexibility index (Phi) is 4.41. The van der Waals surface area contributed by atoms with Gasteiger partial charge in [0, 0.05) is 16.9 Å². The average Bonchev–Trinajstić information content (AvgIpc) is 2.43. The Hall–Kier alpha value is -2.01. The lowest BCUT2D eigenvalue weighted by Crippen LogP contribution is -2.17. The van der Waals surface area contributed by atoms with Crippen LogP contribution in [0.2, 0.25) is 0 Å². The Morgan fingerprint density at radius 2 is 2.26 bits per heavy atom. The summed E-state index contributed by atoms with van der Waals surface area (Å²) in [7, 11) is 0. The molecule has 2 aromatic rings. The molecule has 1 N–H and O–H groups in total. The van der Waals surface area contributed by atoms with Crippen LogP contribution in [-0.4, -0.2) is 17.1 Å². The van der Waals surface area contributed by atoms with Crippen molar-refractivity contribution in [3.63, 3.8) is 0 Å². The lowest BCUT2D eigenvalue weighted by molar-refractivity contribution is 0.0955. The minimum atomic E-state index is -0.282. The molecule has 1 heterocycles. The number of rotatable bonds is 3. The van der Waals surface area contributed by atoms with Gasteiger partial charge in [0.25, 0.3) is 5.91 Å². The Labute approximate surface area is 119 Å². The van der Waals surface area contributed by atoms with Crippen LogP contribution in [0.25, 0.3) is 0 Å². The van der Waals surface area contributed by atoms with Crippen molar-refractivity contribution < 1.29 is 4.79 Å². The standard InChI is InChI=1S/C14H12BrN3O/c1-10-4-5-11(7-13(10)15)8-17-18-14(19)12-3-2-6-16-9-12/h2-9H,1H3,(H,18,19)/b17-8+. The highest BCUT2D eigenvalue weighted by molar-refractivity contribution is 9.10. The number of hydrogen-bond donors (Lipinski definition) is 1.